The standard InChI is InChI=1S/C16H14Cl2FN3O3S/c1-26(24,25)22(15-8-12(17)6-7-13(15)18)10-16(23)21-20-9-11-4-2-3-5-14(11)19/h2-9H,10H2,1H3,(H,21,23)/b20-9-. The van der Waals surface area contributed by atoms with Crippen molar-refractivity contribution in [2.24, 2.45) is 5.10 Å². The molecule has 0 saturated carbocycles. The van der Waals surface area contributed by atoms with Gasteiger partial charge in [0.1, 0.15) is 12.4 Å². The van der Waals surface area contributed by atoms with Crippen molar-refractivity contribution in [2.75, 3.05) is 17.1 Å². The van der Waals surface area contributed by atoms with E-state index in [2.05, 4.69) is 10.5 Å². The number of halogens is 3. The molecule has 0 saturated heterocycles. The summed E-state index contributed by atoms with van der Waals surface area (Å²) in [4.78, 5) is 12.0. The number of amides is 1. The van der Waals surface area contributed by atoms with Crippen LogP contribution in [0.25, 0.3) is 0 Å². The van der Waals surface area contributed by atoms with Gasteiger partial charge in [-0.05, 0) is 24.3 Å². The second-order valence-electron chi connectivity index (χ2n) is 5.18. The molecule has 6 nitrogen and oxygen atoms in total. The summed E-state index contributed by atoms with van der Waals surface area (Å²) >= 11 is 11.9. The Kier molecular flexibility index (Phi) is 6.57. The van der Waals surface area contributed by atoms with Gasteiger partial charge in [-0.15, -0.1) is 0 Å². The number of anilines is 1. The Balaban J connectivity index is 2.15. The van der Waals surface area contributed by atoms with Crippen LogP contribution in [0.5, 0.6) is 0 Å². The minimum Gasteiger partial charge on any atom is -0.271 e. The second-order valence-corrected chi connectivity index (χ2v) is 7.93. The Morgan fingerprint density at radius 2 is 1.96 bits per heavy atom. The van der Waals surface area contributed by atoms with E-state index in [0.29, 0.717) is 0 Å². The molecule has 1 amide bonds. The summed E-state index contributed by atoms with van der Waals surface area (Å²) in [6.07, 6.45) is 2.05. The fourth-order valence-electron chi connectivity index (χ4n) is 1.98. The van der Waals surface area contributed by atoms with E-state index in [0.717, 1.165) is 16.8 Å². The topological polar surface area (TPSA) is 78.8 Å². The third kappa shape index (κ3) is 5.42. The van der Waals surface area contributed by atoms with Crippen molar-refractivity contribution in [1.82, 2.24) is 5.43 Å². The third-order valence-corrected chi connectivity index (χ3v) is 4.84. The van der Waals surface area contributed by atoms with E-state index >= 15 is 0 Å². The van der Waals surface area contributed by atoms with Crippen molar-refractivity contribution in [3.8, 4) is 0 Å². The minimum atomic E-state index is -3.82. The molecule has 0 unspecified atom stereocenters. The minimum absolute atomic E-state index is 0.0647. The Bertz CT molecular complexity index is 952. The van der Waals surface area contributed by atoms with Crippen LogP contribution in [0, 0.1) is 5.82 Å². The number of hydrogen-bond donors (Lipinski definition) is 1. The second kappa shape index (κ2) is 8.48. The smallest absolute Gasteiger partial charge is 0.260 e. The fourth-order valence-corrected chi connectivity index (χ4v) is 3.27. The summed E-state index contributed by atoms with van der Waals surface area (Å²) in [7, 11) is -3.82. The average molecular weight is 418 g/mol. The van der Waals surface area contributed by atoms with Gasteiger partial charge in [-0.1, -0.05) is 41.4 Å². The molecule has 0 fully saturated rings. The van der Waals surface area contributed by atoms with E-state index in [9.17, 15) is 17.6 Å². The van der Waals surface area contributed by atoms with Gasteiger partial charge in [0, 0.05) is 10.6 Å². The third-order valence-electron chi connectivity index (χ3n) is 3.16. The normalized spacial score (nSPS) is 11.5. The molecule has 2 aromatic carbocycles. The van der Waals surface area contributed by atoms with Gasteiger partial charge in [0.2, 0.25) is 10.0 Å². The molecule has 10 heteroatoms. The molecule has 2 rings (SSSR count). The lowest BCUT2D eigenvalue weighted by Gasteiger charge is -2.22. The van der Waals surface area contributed by atoms with E-state index < -0.39 is 28.3 Å². The molecule has 0 aliphatic carbocycles. The van der Waals surface area contributed by atoms with Crippen LogP contribution < -0.4 is 9.73 Å². The van der Waals surface area contributed by atoms with Crippen LogP contribution in [0.2, 0.25) is 10.0 Å². The van der Waals surface area contributed by atoms with E-state index in [4.69, 9.17) is 23.2 Å². The number of hydrogen-bond acceptors (Lipinski definition) is 4. The fraction of sp³-hybridized carbons (Fsp3) is 0.125. The number of carbonyl (C=O) groups excluding carboxylic acids is 1. The summed E-state index contributed by atoms with van der Waals surface area (Å²) < 4.78 is 38.3. The molecule has 2 aromatic rings. The predicted octanol–water partition coefficient (Wildman–Crippen LogP) is 3.05. The molecule has 138 valence electrons. The highest BCUT2D eigenvalue weighted by atomic mass is 35.5. The maximum Gasteiger partial charge on any atom is 0.260 e. The number of rotatable bonds is 6. The molecule has 0 aliphatic heterocycles. The molecule has 26 heavy (non-hydrogen) atoms. The number of hydrazone groups is 1. The molecule has 1 N–H and O–H groups in total. The molecular formula is C16H14Cl2FN3O3S. The number of carbonyl (C=O) groups is 1. The number of nitrogens with zero attached hydrogens (tertiary/aromatic N) is 2. The van der Waals surface area contributed by atoms with Gasteiger partial charge < -0.3 is 0 Å². The molecule has 0 aliphatic rings. The maximum absolute atomic E-state index is 13.5. The summed E-state index contributed by atoms with van der Waals surface area (Å²) in [6.45, 7) is -0.576. The SMILES string of the molecule is CS(=O)(=O)N(CC(=O)N/N=C\c1ccccc1F)c1cc(Cl)ccc1Cl. The Hall–Kier alpha value is -2.16. The number of benzene rings is 2. The van der Waals surface area contributed by atoms with Crippen LogP contribution in [-0.2, 0) is 14.8 Å². The van der Waals surface area contributed by atoms with Gasteiger partial charge in [-0.3, -0.25) is 9.10 Å². The van der Waals surface area contributed by atoms with Crippen molar-refractivity contribution in [3.63, 3.8) is 0 Å². The molecule has 0 heterocycles. The van der Waals surface area contributed by atoms with Crippen molar-refractivity contribution in [3.05, 3.63) is 63.9 Å². The predicted molar refractivity (Wildman–Crippen MR) is 101 cm³/mol. The Labute approximate surface area is 160 Å². The molecule has 0 aromatic heterocycles. The summed E-state index contributed by atoms with van der Waals surface area (Å²) in [5, 5.41) is 4.00. The van der Waals surface area contributed by atoms with E-state index in [1.165, 1.54) is 36.4 Å². The monoisotopic (exact) mass is 417 g/mol. The largest absolute Gasteiger partial charge is 0.271 e. The molecule has 0 bridgehead atoms. The van der Waals surface area contributed by atoms with E-state index in [-0.39, 0.29) is 21.3 Å². The highest BCUT2D eigenvalue weighted by Crippen LogP contribution is 2.30. The first-order chi connectivity index (χ1) is 12.2. The van der Waals surface area contributed by atoms with Crippen molar-refractivity contribution >= 4 is 51.0 Å². The zero-order valence-corrected chi connectivity index (χ0v) is 15.8. The molecule has 0 spiro atoms. The molecule has 0 radical (unpaired) electrons. The van der Waals surface area contributed by atoms with Crippen LogP contribution in [0.3, 0.4) is 0 Å². The first-order valence-electron chi connectivity index (χ1n) is 7.17. The lowest BCUT2D eigenvalue weighted by molar-refractivity contribution is -0.119. The van der Waals surface area contributed by atoms with Crippen molar-refractivity contribution < 1.29 is 17.6 Å². The van der Waals surface area contributed by atoms with Crippen LogP contribution in [-0.4, -0.2) is 33.3 Å². The highest BCUT2D eigenvalue weighted by Gasteiger charge is 2.23. The lowest BCUT2D eigenvalue weighted by atomic mass is 10.2. The Morgan fingerprint density at radius 1 is 1.27 bits per heavy atom. The van der Waals surface area contributed by atoms with Gasteiger partial charge in [-0.2, -0.15) is 5.10 Å². The average Bonchev–Trinajstić information content (AvgIpc) is 2.56. The summed E-state index contributed by atoms with van der Waals surface area (Å²) in [5.74, 6) is -1.24. The quantitative estimate of drug-likeness (QED) is 0.579. The number of sulfonamides is 1. The van der Waals surface area contributed by atoms with Crippen molar-refractivity contribution in [1.29, 1.82) is 0 Å². The highest BCUT2D eigenvalue weighted by molar-refractivity contribution is 7.92. The van der Waals surface area contributed by atoms with E-state index in [1.807, 2.05) is 0 Å². The Morgan fingerprint density at radius 3 is 2.62 bits per heavy atom. The zero-order valence-electron chi connectivity index (χ0n) is 13.5. The summed E-state index contributed by atoms with van der Waals surface area (Å²) in [6, 6.07) is 10.1. The van der Waals surface area contributed by atoms with Crippen LogP contribution in [0.15, 0.2) is 47.6 Å². The van der Waals surface area contributed by atoms with Gasteiger partial charge >= 0.3 is 0 Å². The first kappa shape index (κ1) is 20.2. The van der Waals surface area contributed by atoms with Gasteiger partial charge in [0.05, 0.1) is 23.2 Å². The molecule has 0 atom stereocenters. The van der Waals surface area contributed by atoms with Gasteiger partial charge in [-0.25, -0.2) is 18.2 Å². The van der Waals surface area contributed by atoms with Gasteiger partial charge in [0.15, 0.2) is 0 Å². The zero-order chi connectivity index (χ0) is 19.3. The maximum atomic E-state index is 13.5. The number of nitrogens with one attached hydrogen (secondary N) is 1. The summed E-state index contributed by atoms with van der Waals surface area (Å²) in [5.41, 5.74) is 2.38. The van der Waals surface area contributed by atoms with Crippen molar-refractivity contribution in [2.45, 2.75) is 0 Å². The first-order valence-corrected chi connectivity index (χ1v) is 9.78. The lowest BCUT2D eigenvalue weighted by Crippen LogP contribution is -2.39. The van der Waals surface area contributed by atoms with E-state index in [1.54, 1.807) is 6.07 Å². The molecular weight excluding hydrogens is 404 g/mol. The van der Waals surface area contributed by atoms with Crippen LogP contribution >= 0.6 is 23.2 Å². The van der Waals surface area contributed by atoms with Crippen LogP contribution in [0.1, 0.15) is 5.56 Å². The van der Waals surface area contributed by atoms with Crippen LogP contribution in [0.4, 0.5) is 10.1 Å². The van der Waals surface area contributed by atoms with Gasteiger partial charge in [0.25, 0.3) is 5.91 Å².